The zero-order valence-corrected chi connectivity index (χ0v) is 16.1. The van der Waals surface area contributed by atoms with Gasteiger partial charge in [0.2, 0.25) is 0 Å². The number of unbranched alkanes of at least 4 members (excludes halogenated alkanes) is 1. The van der Waals surface area contributed by atoms with E-state index in [1.165, 1.54) is 4.89 Å². The highest BCUT2D eigenvalue weighted by Crippen LogP contribution is 2.39. The highest BCUT2D eigenvalue weighted by atomic mass is 32.2. The number of hydrogen-bond donors (Lipinski definition) is 3. The maximum Gasteiger partial charge on any atom is 0.358 e. The molecule has 0 bridgehead atoms. The summed E-state index contributed by atoms with van der Waals surface area (Å²) in [7, 11) is -8.78. The van der Waals surface area contributed by atoms with Crippen LogP contribution in [0.1, 0.15) is 19.8 Å². The third kappa shape index (κ3) is 8.56. The minimum absolute atomic E-state index is 0.235. The van der Waals surface area contributed by atoms with Crippen molar-refractivity contribution in [1.29, 1.82) is 0 Å². The third-order valence-corrected chi connectivity index (χ3v) is 5.31. The van der Waals surface area contributed by atoms with Crippen LogP contribution in [0.3, 0.4) is 0 Å². The fourth-order valence-corrected chi connectivity index (χ4v) is 3.52. The fraction of sp³-hybridized carbons (Fsp3) is 0.462. The molecule has 0 saturated heterocycles. The molecular formula is C13H20N3O9PS. The number of hydrogen-bond acceptors (Lipinski definition) is 9. The molecule has 152 valence electrons. The molecule has 14 heteroatoms. The number of nitro groups is 1. The summed E-state index contributed by atoms with van der Waals surface area (Å²) in [6.45, 7) is 1.80. The predicted octanol–water partition coefficient (Wildman–Crippen LogP) is 0.881. The van der Waals surface area contributed by atoms with E-state index in [1.54, 1.807) is 0 Å². The SMILES string of the molecule is CCCCOC(=O)CNCP(=O)(O)ONS(=O)(=O)c1ccc([N+](=O)[O-])cc1. The van der Waals surface area contributed by atoms with Crippen LogP contribution in [0, 0.1) is 10.1 Å². The molecular weight excluding hydrogens is 405 g/mol. The monoisotopic (exact) mass is 425 g/mol. The van der Waals surface area contributed by atoms with E-state index in [0.29, 0.717) is 6.42 Å². The summed E-state index contributed by atoms with van der Waals surface area (Å²) < 4.78 is 44.8. The Labute approximate surface area is 155 Å². The number of non-ortho nitro benzene ring substituents is 1. The van der Waals surface area contributed by atoms with Gasteiger partial charge in [0.1, 0.15) is 6.29 Å². The van der Waals surface area contributed by atoms with Gasteiger partial charge in [-0.05, 0) is 18.6 Å². The molecule has 1 aromatic carbocycles. The van der Waals surface area contributed by atoms with Crippen molar-refractivity contribution < 1.29 is 37.0 Å². The lowest BCUT2D eigenvalue weighted by molar-refractivity contribution is -0.384. The van der Waals surface area contributed by atoms with Gasteiger partial charge in [-0.25, -0.2) is 13.0 Å². The number of nitrogens with zero attached hydrogens (tertiary/aromatic N) is 1. The molecule has 1 atom stereocenters. The third-order valence-electron chi connectivity index (χ3n) is 2.99. The van der Waals surface area contributed by atoms with Crippen molar-refractivity contribution >= 4 is 29.3 Å². The summed E-state index contributed by atoms with van der Waals surface area (Å²) in [5, 5.41) is 12.9. The van der Waals surface area contributed by atoms with Crippen LogP contribution in [0.25, 0.3) is 0 Å². The van der Waals surface area contributed by atoms with E-state index in [2.05, 4.69) is 9.94 Å². The van der Waals surface area contributed by atoms with E-state index >= 15 is 0 Å². The molecule has 1 rings (SSSR count). The largest absolute Gasteiger partial charge is 0.465 e. The average Bonchev–Trinajstić information content (AvgIpc) is 2.60. The molecule has 27 heavy (non-hydrogen) atoms. The van der Waals surface area contributed by atoms with E-state index < -0.39 is 39.7 Å². The van der Waals surface area contributed by atoms with E-state index in [9.17, 15) is 32.8 Å². The number of benzene rings is 1. The van der Waals surface area contributed by atoms with E-state index in [-0.39, 0.29) is 18.8 Å². The Morgan fingerprint density at radius 1 is 1.33 bits per heavy atom. The molecule has 1 unspecified atom stereocenters. The smallest absolute Gasteiger partial charge is 0.358 e. The topological polar surface area (TPSA) is 174 Å². The first kappa shape index (κ1) is 23.1. The van der Waals surface area contributed by atoms with Crippen molar-refractivity contribution in [2.24, 2.45) is 0 Å². The number of nitro benzene ring substituents is 1. The second-order valence-electron chi connectivity index (χ2n) is 5.23. The first-order valence-electron chi connectivity index (χ1n) is 7.70. The fourth-order valence-electron chi connectivity index (χ4n) is 1.62. The number of rotatable bonds is 12. The Bertz CT molecular complexity index is 798. The van der Waals surface area contributed by atoms with Gasteiger partial charge in [0, 0.05) is 12.1 Å². The van der Waals surface area contributed by atoms with Gasteiger partial charge in [0.05, 0.1) is 23.0 Å². The van der Waals surface area contributed by atoms with Crippen LogP contribution in [0.5, 0.6) is 0 Å². The van der Waals surface area contributed by atoms with Crippen molar-refractivity contribution in [1.82, 2.24) is 10.2 Å². The lowest BCUT2D eigenvalue weighted by Crippen LogP contribution is -2.29. The maximum absolute atomic E-state index is 12.0. The minimum Gasteiger partial charge on any atom is -0.465 e. The van der Waals surface area contributed by atoms with E-state index in [0.717, 1.165) is 30.7 Å². The van der Waals surface area contributed by atoms with Crippen molar-refractivity contribution in [2.45, 2.75) is 24.7 Å². The quantitative estimate of drug-likeness (QED) is 0.143. The van der Waals surface area contributed by atoms with Crippen LogP contribution in [0.4, 0.5) is 5.69 Å². The number of esters is 1. The van der Waals surface area contributed by atoms with Gasteiger partial charge in [-0.2, -0.15) is 0 Å². The number of carbonyl (C=O) groups excluding carboxylic acids is 1. The first-order valence-corrected chi connectivity index (χ1v) is 10.9. The van der Waals surface area contributed by atoms with Gasteiger partial charge >= 0.3 is 13.6 Å². The highest BCUT2D eigenvalue weighted by Gasteiger charge is 2.25. The Morgan fingerprint density at radius 3 is 2.52 bits per heavy atom. The molecule has 3 N–H and O–H groups in total. The zero-order valence-electron chi connectivity index (χ0n) is 14.4. The Hall–Kier alpha value is -1.89. The Kier molecular flexibility index (Phi) is 8.96. The predicted molar refractivity (Wildman–Crippen MR) is 93.1 cm³/mol. The van der Waals surface area contributed by atoms with Gasteiger partial charge in [0.25, 0.3) is 15.7 Å². The van der Waals surface area contributed by atoms with Gasteiger partial charge in [-0.3, -0.25) is 24.8 Å². The number of carbonyl (C=O) groups is 1. The van der Waals surface area contributed by atoms with E-state index in [4.69, 9.17) is 4.74 Å². The molecule has 0 amide bonds. The summed E-state index contributed by atoms with van der Waals surface area (Å²) in [6.07, 6.45) is 0.825. The van der Waals surface area contributed by atoms with Gasteiger partial charge in [-0.15, -0.1) is 0 Å². The number of sulfonamides is 1. The molecule has 0 saturated carbocycles. The zero-order chi connectivity index (χ0) is 20.5. The molecule has 0 aliphatic carbocycles. The molecule has 0 radical (unpaired) electrons. The molecule has 0 aliphatic heterocycles. The normalized spacial score (nSPS) is 13.7. The second kappa shape index (κ2) is 10.4. The van der Waals surface area contributed by atoms with Crippen molar-refractivity contribution in [3.63, 3.8) is 0 Å². The Morgan fingerprint density at radius 2 is 1.96 bits per heavy atom. The number of ether oxygens (including phenoxy) is 1. The van der Waals surface area contributed by atoms with Crippen LogP contribution in [0.2, 0.25) is 0 Å². The summed E-state index contributed by atoms with van der Waals surface area (Å²) in [4.78, 5) is 31.8. The molecule has 0 spiro atoms. The molecule has 0 fully saturated rings. The summed E-state index contributed by atoms with van der Waals surface area (Å²) in [5.41, 5.74) is -0.322. The molecule has 12 nitrogen and oxygen atoms in total. The van der Waals surface area contributed by atoms with Crippen LogP contribution >= 0.6 is 7.60 Å². The lowest BCUT2D eigenvalue weighted by Gasteiger charge is -2.13. The van der Waals surface area contributed by atoms with E-state index in [1.807, 2.05) is 6.92 Å². The Balaban J connectivity index is 2.50. The summed E-state index contributed by atoms with van der Waals surface area (Å²) >= 11 is 0. The first-order chi connectivity index (χ1) is 12.6. The lowest BCUT2D eigenvalue weighted by atomic mass is 10.3. The molecule has 0 aliphatic rings. The van der Waals surface area contributed by atoms with Gasteiger partial charge in [-0.1, -0.05) is 18.2 Å². The minimum atomic E-state index is -4.44. The summed E-state index contributed by atoms with van der Waals surface area (Å²) in [6, 6.07) is 3.80. The van der Waals surface area contributed by atoms with Crippen molar-refractivity contribution in [3.05, 3.63) is 34.4 Å². The molecule has 0 aromatic heterocycles. The highest BCUT2D eigenvalue weighted by molar-refractivity contribution is 7.89. The van der Waals surface area contributed by atoms with Gasteiger partial charge < -0.3 is 9.63 Å². The van der Waals surface area contributed by atoms with Crippen molar-refractivity contribution in [3.8, 4) is 0 Å². The van der Waals surface area contributed by atoms with Gasteiger partial charge in [0.15, 0.2) is 0 Å². The second-order valence-corrected chi connectivity index (χ2v) is 8.64. The van der Waals surface area contributed by atoms with Crippen LogP contribution in [0.15, 0.2) is 29.2 Å². The molecule has 0 heterocycles. The van der Waals surface area contributed by atoms with Crippen LogP contribution in [-0.2, 0) is 28.7 Å². The average molecular weight is 425 g/mol. The summed E-state index contributed by atoms with van der Waals surface area (Å²) in [5.74, 6) is -0.630. The van der Waals surface area contributed by atoms with Crippen molar-refractivity contribution in [2.75, 3.05) is 19.4 Å². The molecule has 1 aromatic rings. The standard InChI is InChI=1S/C13H20N3O9PS/c1-2-3-8-24-13(17)9-14-10-26(20,21)25-15-27(22,23)12-6-4-11(5-7-12)16(18)19/h4-7,14-15H,2-3,8-10H2,1H3,(H,20,21). The number of nitrogens with one attached hydrogen (secondary N) is 2. The van der Waals surface area contributed by atoms with Crippen LogP contribution in [-0.4, -0.2) is 43.6 Å². The van der Waals surface area contributed by atoms with Crippen LogP contribution < -0.4 is 10.2 Å². The maximum atomic E-state index is 12.0.